The van der Waals surface area contributed by atoms with Gasteiger partial charge < -0.3 is 5.32 Å². The Morgan fingerprint density at radius 3 is 2.71 bits per heavy atom. The van der Waals surface area contributed by atoms with Gasteiger partial charge in [0, 0.05) is 18.3 Å². The molecule has 0 aliphatic heterocycles. The van der Waals surface area contributed by atoms with Gasteiger partial charge in [0.2, 0.25) is 0 Å². The molecule has 0 aromatic heterocycles. The van der Waals surface area contributed by atoms with Crippen molar-refractivity contribution in [2.24, 2.45) is 0 Å². The van der Waals surface area contributed by atoms with E-state index in [0.717, 1.165) is 18.7 Å². The van der Waals surface area contributed by atoms with Crippen LogP contribution in [0.15, 0.2) is 18.2 Å². The molecule has 1 rings (SSSR count). The molecule has 0 spiro atoms. The fraction of sp³-hybridized carbons (Fsp3) is 0.500. The molecule has 0 saturated carbocycles. The average molecular weight is 257 g/mol. The molecule has 1 N–H and O–H groups in total. The summed E-state index contributed by atoms with van der Waals surface area (Å²) in [4.78, 5) is 10.1. The van der Waals surface area contributed by atoms with Crippen LogP contribution in [0.4, 0.5) is 11.4 Å². The van der Waals surface area contributed by atoms with Gasteiger partial charge in [-0.1, -0.05) is 37.8 Å². The maximum absolute atomic E-state index is 10.6. The summed E-state index contributed by atoms with van der Waals surface area (Å²) in [6, 6.07) is 4.71. The summed E-state index contributed by atoms with van der Waals surface area (Å²) in [7, 11) is 0. The van der Waals surface area contributed by atoms with Crippen LogP contribution in [0.3, 0.4) is 0 Å². The second-order valence-electron chi connectivity index (χ2n) is 3.91. The highest BCUT2D eigenvalue weighted by molar-refractivity contribution is 6.32. The van der Waals surface area contributed by atoms with Crippen LogP contribution in [0.1, 0.15) is 32.6 Å². The summed E-state index contributed by atoms with van der Waals surface area (Å²) in [6.45, 7) is 3.04. The minimum Gasteiger partial charge on any atom is -0.385 e. The third-order valence-corrected chi connectivity index (χ3v) is 2.81. The van der Waals surface area contributed by atoms with Gasteiger partial charge in [-0.15, -0.1) is 0 Å². The molecule has 0 radical (unpaired) electrons. The van der Waals surface area contributed by atoms with E-state index in [0.29, 0.717) is 0 Å². The Bertz CT molecular complexity index is 383. The van der Waals surface area contributed by atoms with Gasteiger partial charge in [-0.05, 0) is 18.6 Å². The Kier molecular flexibility index (Phi) is 5.77. The smallest absolute Gasteiger partial charge is 0.288 e. The lowest BCUT2D eigenvalue weighted by Crippen LogP contribution is -2.01. The lowest BCUT2D eigenvalue weighted by atomic mass is 10.2. The first kappa shape index (κ1) is 13.8. The van der Waals surface area contributed by atoms with Crippen LogP contribution in [0, 0.1) is 10.1 Å². The van der Waals surface area contributed by atoms with E-state index in [4.69, 9.17) is 11.6 Å². The molecule has 1 aromatic carbocycles. The van der Waals surface area contributed by atoms with Gasteiger partial charge in [-0.2, -0.15) is 0 Å². The van der Waals surface area contributed by atoms with Gasteiger partial charge in [-0.25, -0.2) is 0 Å². The molecule has 5 heteroatoms. The number of nitro groups is 1. The molecule has 0 amide bonds. The number of nitrogens with zero attached hydrogens (tertiary/aromatic N) is 1. The second-order valence-corrected chi connectivity index (χ2v) is 4.32. The Balaban J connectivity index is 2.45. The number of halogens is 1. The SMILES string of the molecule is CCCCCCNc1ccc([N+](=O)[O-])c(Cl)c1. The highest BCUT2D eigenvalue weighted by Crippen LogP contribution is 2.27. The van der Waals surface area contributed by atoms with Crippen LogP contribution in [0.2, 0.25) is 5.02 Å². The highest BCUT2D eigenvalue weighted by atomic mass is 35.5. The van der Waals surface area contributed by atoms with Gasteiger partial charge in [0.05, 0.1) is 4.92 Å². The van der Waals surface area contributed by atoms with Crippen molar-refractivity contribution < 1.29 is 4.92 Å². The zero-order chi connectivity index (χ0) is 12.7. The average Bonchev–Trinajstić information content (AvgIpc) is 2.28. The molecule has 0 bridgehead atoms. The number of rotatable bonds is 7. The second kappa shape index (κ2) is 7.12. The molecule has 0 heterocycles. The largest absolute Gasteiger partial charge is 0.385 e. The van der Waals surface area contributed by atoms with Crippen molar-refractivity contribution in [3.8, 4) is 0 Å². The van der Waals surface area contributed by atoms with E-state index in [9.17, 15) is 10.1 Å². The van der Waals surface area contributed by atoms with Crippen LogP contribution < -0.4 is 5.32 Å². The van der Waals surface area contributed by atoms with E-state index < -0.39 is 4.92 Å². The topological polar surface area (TPSA) is 55.2 Å². The Labute approximate surface area is 106 Å². The third kappa shape index (κ3) is 4.61. The molecule has 4 nitrogen and oxygen atoms in total. The lowest BCUT2D eigenvalue weighted by Gasteiger charge is -2.06. The summed E-state index contributed by atoms with van der Waals surface area (Å²) in [5.41, 5.74) is 0.778. The quantitative estimate of drug-likeness (QED) is 0.451. The Hall–Kier alpha value is -1.29. The van der Waals surface area contributed by atoms with Crippen molar-refractivity contribution in [1.82, 2.24) is 0 Å². The summed E-state index contributed by atoms with van der Waals surface area (Å²) >= 11 is 5.81. The van der Waals surface area contributed by atoms with Crippen LogP contribution >= 0.6 is 11.6 Å². The summed E-state index contributed by atoms with van der Waals surface area (Å²) in [5.74, 6) is 0. The lowest BCUT2D eigenvalue weighted by molar-refractivity contribution is -0.384. The number of anilines is 1. The molecule has 94 valence electrons. The summed E-state index contributed by atoms with van der Waals surface area (Å²) in [6.07, 6.45) is 4.75. The van der Waals surface area contributed by atoms with Crippen molar-refractivity contribution in [3.63, 3.8) is 0 Å². The summed E-state index contributed by atoms with van der Waals surface area (Å²) < 4.78 is 0. The first-order valence-electron chi connectivity index (χ1n) is 5.83. The normalized spacial score (nSPS) is 10.2. The van der Waals surface area contributed by atoms with Crippen LogP contribution in [-0.2, 0) is 0 Å². The fourth-order valence-electron chi connectivity index (χ4n) is 1.55. The maximum atomic E-state index is 10.6. The molecule has 0 atom stereocenters. The summed E-state index contributed by atoms with van der Waals surface area (Å²) in [5, 5.41) is 13.9. The first-order valence-corrected chi connectivity index (χ1v) is 6.20. The predicted molar refractivity (Wildman–Crippen MR) is 70.7 cm³/mol. The number of benzene rings is 1. The van der Waals surface area contributed by atoms with Crippen LogP contribution in [0.25, 0.3) is 0 Å². The maximum Gasteiger partial charge on any atom is 0.288 e. The van der Waals surface area contributed by atoms with Crippen molar-refractivity contribution in [2.75, 3.05) is 11.9 Å². The van der Waals surface area contributed by atoms with Crippen molar-refractivity contribution in [2.45, 2.75) is 32.6 Å². The Morgan fingerprint density at radius 1 is 1.35 bits per heavy atom. The van der Waals surface area contributed by atoms with E-state index in [1.807, 2.05) is 0 Å². The van der Waals surface area contributed by atoms with E-state index in [-0.39, 0.29) is 10.7 Å². The molecule has 0 aliphatic carbocycles. The van der Waals surface area contributed by atoms with E-state index in [1.165, 1.54) is 25.3 Å². The third-order valence-electron chi connectivity index (χ3n) is 2.50. The highest BCUT2D eigenvalue weighted by Gasteiger charge is 2.11. The molecule has 1 aromatic rings. The zero-order valence-corrected chi connectivity index (χ0v) is 10.7. The van der Waals surface area contributed by atoms with Gasteiger partial charge in [0.1, 0.15) is 5.02 Å². The van der Waals surface area contributed by atoms with E-state index in [2.05, 4.69) is 12.2 Å². The zero-order valence-electron chi connectivity index (χ0n) is 9.91. The van der Waals surface area contributed by atoms with E-state index in [1.54, 1.807) is 12.1 Å². The molecular weight excluding hydrogens is 240 g/mol. The standard InChI is InChI=1S/C12H17ClN2O2/c1-2-3-4-5-8-14-10-6-7-12(15(16)17)11(13)9-10/h6-7,9,14H,2-5,8H2,1H3. The number of unbranched alkanes of at least 4 members (excludes halogenated alkanes) is 3. The monoisotopic (exact) mass is 256 g/mol. The number of hydrogen-bond donors (Lipinski definition) is 1. The predicted octanol–water partition coefficient (Wildman–Crippen LogP) is 4.24. The van der Waals surface area contributed by atoms with Crippen molar-refractivity contribution in [1.29, 1.82) is 0 Å². The van der Waals surface area contributed by atoms with Crippen LogP contribution in [0.5, 0.6) is 0 Å². The molecule has 0 aliphatic rings. The molecule has 0 fully saturated rings. The number of nitro benzene ring substituents is 1. The molecular formula is C12H17ClN2O2. The van der Waals surface area contributed by atoms with Crippen LogP contribution in [-0.4, -0.2) is 11.5 Å². The van der Waals surface area contributed by atoms with Gasteiger partial charge in [-0.3, -0.25) is 10.1 Å². The van der Waals surface area contributed by atoms with Gasteiger partial charge in [0.25, 0.3) is 5.69 Å². The van der Waals surface area contributed by atoms with Gasteiger partial charge >= 0.3 is 0 Å². The van der Waals surface area contributed by atoms with Crippen molar-refractivity contribution in [3.05, 3.63) is 33.3 Å². The molecule has 0 unspecified atom stereocenters. The minimum atomic E-state index is -0.479. The first-order chi connectivity index (χ1) is 8.15. The fourth-order valence-corrected chi connectivity index (χ4v) is 1.80. The molecule has 0 saturated heterocycles. The van der Waals surface area contributed by atoms with Gasteiger partial charge in [0.15, 0.2) is 0 Å². The van der Waals surface area contributed by atoms with E-state index >= 15 is 0 Å². The van der Waals surface area contributed by atoms with Crippen molar-refractivity contribution >= 4 is 23.0 Å². The molecule has 17 heavy (non-hydrogen) atoms. The minimum absolute atomic E-state index is 0.0526. The Morgan fingerprint density at radius 2 is 2.12 bits per heavy atom. The number of nitrogens with one attached hydrogen (secondary N) is 1. The number of hydrogen-bond acceptors (Lipinski definition) is 3.